The monoisotopic (exact) mass is 400 g/mol. The third kappa shape index (κ3) is 4.92. The maximum absolute atomic E-state index is 12.4. The zero-order valence-corrected chi connectivity index (χ0v) is 15.5. The summed E-state index contributed by atoms with van der Waals surface area (Å²) in [6.07, 6.45) is 2.91. The van der Waals surface area contributed by atoms with Gasteiger partial charge in [-0.3, -0.25) is 9.59 Å². The summed E-state index contributed by atoms with van der Waals surface area (Å²) in [5.41, 5.74) is 1.95. The summed E-state index contributed by atoms with van der Waals surface area (Å²) in [6.45, 7) is 1.28. The van der Waals surface area contributed by atoms with Crippen molar-refractivity contribution in [2.24, 2.45) is 5.92 Å². The van der Waals surface area contributed by atoms with E-state index in [0.29, 0.717) is 24.7 Å². The zero-order chi connectivity index (χ0) is 17.6. The van der Waals surface area contributed by atoms with Gasteiger partial charge in [0.05, 0.1) is 0 Å². The van der Waals surface area contributed by atoms with Crippen LogP contribution in [0.25, 0.3) is 0 Å². The highest BCUT2D eigenvalue weighted by molar-refractivity contribution is 9.10. The van der Waals surface area contributed by atoms with E-state index < -0.39 is 11.8 Å². The van der Waals surface area contributed by atoms with Gasteiger partial charge in [0.2, 0.25) is 0 Å². The van der Waals surface area contributed by atoms with Crippen LogP contribution in [0.3, 0.4) is 0 Å². The number of nitrogens with one attached hydrogen (secondary N) is 1. The summed E-state index contributed by atoms with van der Waals surface area (Å²) in [5.74, 6) is -0.447. The van der Waals surface area contributed by atoms with E-state index in [9.17, 15) is 9.59 Å². The van der Waals surface area contributed by atoms with Crippen molar-refractivity contribution in [1.82, 2.24) is 4.90 Å². The molecular weight excluding hydrogens is 380 g/mol. The average molecular weight is 401 g/mol. The second-order valence-corrected chi connectivity index (χ2v) is 7.31. The molecule has 1 fully saturated rings. The van der Waals surface area contributed by atoms with Crippen LogP contribution in [-0.2, 0) is 16.0 Å². The first kappa shape index (κ1) is 17.7. The number of hydrogen-bond donors (Lipinski definition) is 1. The van der Waals surface area contributed by atoms with Gasteiger partial charge in [-0.2, -0.15) is 0 Å². The summed E-state index contributed by atoms with van der Waals surface area (Å²) < 4.78 is 0.861. The van der Waals surface area contributed by atoms with Gasteiger partial charge in [0.25, 0.3) is 0 Å². The molecule has 5 heteroatoms. The van der Waals surface area contributed by atoms with E-state index in [4.69, 9.17) is 0 Å². The number of amides is 2. The van der Waals surface area contributed by atoms with Crippen LogP contribution < -0.4 is 5.32 Å². The predicted octanol–water partition coefficient (Wildman–Crippen LogP) is 3.87. The van der Waals surface area contributed by atoms with E-state index in [-0.39, 0.29) is 0 Å². The SMILES string of the molecule is O=C(Nc1cccc(Br)c1)C(=O)N1CCC(Cc2ccccc2)CC1. The Hall–Kier alpha value is -2.14. The van der Waals surface area contributed by atoms with E-state index in [1.807, 2.05) is 18.2 Å². The lowest BCUT2D eigenvalue weighted by Crippen LogP contribution is -2.44. The highest BCUT2D eigenvalue weighted by Gasteiger charge is 2.27. The number of halogens is 1. The first-order valence-corrected chi connectivity index (χ1v) is 9.31. The van der Waals surface area contributed by atoms with Gasteiger partial charge < -0.3 is 10.2 Å². The predicted molar refractivity (Wildman–Crippen MR) is 102 cm³/mol. The molecule has 1 N–H and O–H groups in total. The summed E-state index contributed by atoms with van der Waals surface area (Å²) >= 11 is 3.35. The molecule has 0 radical (unpaired) electrons. The molecule has 0 spiro atoms. The van der Waals surface area contributed by atoms with Gasteiger partial charge in [0, 0.05) is 23.2 Å². The minimum Gasteiger partial charge on any atom is -0.334 e. The largest absolute Gasteiger partial charge is 0.334 e. The van der Waals surface area contributed by atoms with Crippen molar-refractivity contribution < 1.29 is 9.59 Å². The topological polar surface area (TPSA) is 49.4 Å². The average Bonchev–Trinajstić information content (AvgIpc) is 2.62. The standard InChI is InChI=1S/C20H21BrN2O2/c21-17-7-4-8-18(14-17)22-19(24)20(25)23-11-9-16(10-12-23)13-15-5-2-1-3-6-15/h1-8,14,16H,9-13H2,(H,22,24). The number of benzene rings is 2. The number of likely N-dealkylation sites (tertiary alicyclic amines) is 1. The zero-order valence-electron chi connectivity index (χ0n) is 14.0. The summed E-state index contributed by atoms with van der Waals surface area (Å²) in [6, 6.07) is 17.6. The highest BCUT2D eigenvalue weighted by Crippen LogP contribution is 2.22. The fourth-order valence-corrected chi connectivity index (χ4v) is 3.58. The Bertz CT molecular complexity index is 740. The number of anilines is 1. The lowest BCUT2D eigenvalue weighted by molar-refractivity contribution is -0.144. The summed E-state index contributed by atoms with van der Waals surface area (Å²) in [7, 11) is 0. The highest BCUT2D eigenvalue weighted by atomic mass is 79.9. The molecule has 130 valence electrons. The van der Waals surface area contributed by atoms with Crippen LogP contribution in [0.5, 0.6) is 0 Å². The summed E-state index contributed by atoms with van der Waals surface area (Å²) in [5, 5.41) is 2.67. The minimum absolute atomic E-state index is 0.446. The van der Waals surface area contributed by atoms with E-state index in [0.717, 1.165) is 23.7 Å². The molecule has 25 heavy (non-hydrogen) atoms. The van der Waals surface area contributed by atoms with Crippen molar-refractivity contribution in [3.63, 3.8) is 0 Å². The summed E-state index contributed by atoms with van der Waals surface area (Å²) in [4.78, 5) is 26.2. The minimum atomic E-state index is -0.570. The number of piperidine rings is 1. The molecule has 0 unspecified atom stereocenters. The number of carbonyl (C=O) groups excluding carboxylic acids is 2. The quantitative estimate of drug-likeness (QED) is 0.794. The first-order valence-electron chi connectivity index (χ1n) is 8.51. The van der Waals surface area contributed by atoms with Gasteiger partial charge in [0.15, 0.2) is 0 Å². The van der Waals surface area contributed by atoms with Crippen molar-refractivity contribution >= 4 is 33.4 Å². The molecular formula is C20H21BrN2O2. The van der Waals surface area contributed by atoms with Crippen LogP contribution in [0.2, 0.25) is 0 Å². The van der Waals surface area contributed by atoms with Crippen LogP contribution >= 0.6 is 15.9 Å². The van der Waals surface area contributed by atoms with Gasteiger partial charge in [-0.05, 0) is 48.9 Å². The van der Waals surface area contributed by atoms with Crippen LogP contribution in [0.4, 0.5) is 5.69 Å². The van der Waals surface area contributed by atoms with E-state index in [2.05, 4.69) is 45.5 Å². The van der Waals surface area contributed by atoms with Gasteiger partial charge in [-0.15, -0.1) is 0 Å². The Balaban J connectivity index is 1.50. The van der Waals surface area contributed by atoms with Crippen LogP contribution in [0.1, 0.15) is 18.4 Å². The Morgan fingerprint density at radius 3 is 2.44 bits per heavy atom. The molecule has 2 aromatic carbocycles. The van der Waals surface area contributed by atoms with E-state index in [1.54, 1.807) is 17.0 Å². The fourth-order valence-electron chi connectivity index (χ4n) is 3.18. The Morgan fingerprint density at radius 1 is 1.04 bits per heavy atom. The maximum Gasteiger partial charge on any atom is 0.313 e. The van der Waals surface area contributed by atoms with Crippen LogP contribution in [0.15, 0.2) is 59.1 Å². The number of rotatable bonds is 3. The van der Waals surface area contributed by atoms with Crippen molar-refractivity contribution in [2.75, 3.05) is 18.4 Å². The van der Waals surface area contributed by atoms with Crippen molar-refractivity contribution in [1.29, 1.82) is 0 Å². The molecule has 0 aliphatic carbocycles. The Labute approximate surface area is 156 Å². The normalized spacial score (nSPS) is 15.0. The molecule has 3 rings (SSSR count). The second-order valence-electron chi connectivity index (χ2n) is 6.39. The lowest BCUT2D eigenvalue weighted by Gasteiger charge is -2.31. The molecule has 1 aliphatic heterocycles. The molecule has 4 nitrogen and oxygen atoms in total. The van der Waals surface area contributed by atoms with Crippen LogP contribution in [-0.4, -0.2) is 29.8 Å². The number of carbonyl (C=O) groups is 2. The van der Waals surface area contributed by atoms with Crippen molar-refractivity contribution in [2.45, 2.75) is 19.3 Å². The van der Waals surface area contributed by atoms with Gasteiger partial charge in [-0.1, -0.05) is 52.3 Å². The van der Waals surface area contributed by atoms with Gasteiger partial charge >= 0.3 is 11.8 Å². The molecule has 0 bridgehead atoms. The molecule has 2 aromatic rings. The second kappa shape index (κ2) is 8.30. The maximum atomic E-state index is 12.4. The molecule has 0 atom stereocenters. The van der Waals surface area contributed by atoms with Gasteiger partial charge in [0.1, 0.15) is 0 Å². The third-order valence-corrected chi connectivity index (χ3v) is 5.04. The lowest BCUT2D eigenvalue weighted by atomic mass is 9.90. The molecule has 1 saturated heterocycles. The molecule has 1 heterocycles. The van der Waals surface area contributed by atoms with Crippen molar-refractivity contribution in [3.05, 3.63) is 64.6 Å². The first-order chi connectivity index (χ1) is 12.1. The van der Waals surface area contributed by atoms with Crippen molar-refractivity contribution in [3.8, 4) is 0 Å². The molecule has 1 aliphatic rings. The van der Waals surface area contributed by atoms with E-state index >= 15 is 0 Å². The number of nitrogens with zero attached hydrogens (tertiary/aromatic N) is 1. The Morgan fingerprint density at radius 2 is 1.76 bits per heavy atom. The fraction of sp³-hybridized carbons (Fsp3) is 0.300. The van der Waals surface area contributed by atoms with Crippen LogP contribution in [0, 0.1) is 5.92 Å². The Kier molecular flexibility index (Phi) is 5.87. The molecule has 0 aromatic heterocycles. The molecule has 2 amide bonds. The third-order valence-electron chi connectivity index (χ3n) is 4.55. The smallest absolute Gasteiger partial charge is 0.313 e. The van der Waals surface area contributed by atoms with Gasteiger partial charge in [-0.25, -0.2) is 0 Å². The van der Waals surface area contributed by atoms with E-state index in [1.165, 1.54) is 5.56 Å². The molecule has 0 saturated carbocycles. The number of hydrogen-bond acceptors (Lipinski definition) is 2.